The van der Waals surface area contributed by atoms with E-state index >= 15 is 0 Å². The first-order valence-corrected chi connectivity index (χ1v) is 7.62. The minimum Gasteiger partial charge on any atom is -0.370 e. The molecule has 4 heteroatoms. The SMILES string of the molecule is CCC(N)Cc1ccc(Cl)cc1N(C)Cc1ccncc1. The molecule has 2 rings (SSSR count). The molecule has 0 saturated heterocycles. The van der Waals surface area contributed by atoms with E-state index in [1.807, 2.05) is 36.7 Å². The van der Waals surface area contributed by atoms with E-state index in [1.165, 1.54) is 11.1 Å². The maximum atomic E-state index is 6.17. The summed E-state index contributed by atoms with van der Waals surface area (Å²) >= 11 is 6.17. The van der Waals surface area contributed by atoms with Crippen molar-refractivity contribution in [1.82, 2.24) is 4.98 Å². The second kappa shape index (κ2) is 7.43. The predicted octanol–water partition coefficient (Wildman–Crippen LogP) is 3.65. The number of hydrogen-bond acceptors (Lipinski definition) is 3. The van der Waals surface area contributed by atoms with Gasteiger partial charge in [0.15, 0.2) is 0 Å². The third-order valence-corrected chi connectivity index (χ3v) is 3.87. The van der Waals surface area contributed by atoms with Gasteiger partial charge >= 0.3 is 0 Å². The Balaban J connectivity index is 2.22. The summed E-state index contributed by atoms with van der Waals surface area (Å²) in [7, 11) is 2.08. The quantitative estimate of drug-likeness (QED) is 0.885. The lowest BCUT2D eigenvalue weighted by atomic mass is 10.0. The van der Waals surface area contributed by atoms with Gasteiger partial charge in [-0.05, 0) is 48.2 Å². The van der Waals surface area contributed by atoms with Gasteiger partial charge in [0, 0.05) is 42.7 Å². The van der Waals surface area contributed by atoms with Crippen LogP contribution < -0.4 is 10.6 Å². The molecule has 1 heterocycles. The predicted molar refractivity (Wildman–Crippen MR) is 89.8 cm³/mol. The van der Waals surface area contributed by atoms with Crippen LogP contribution in [0.4, 0.5) is 5.69 Å². The Kier molecular flexibility index (Phi) is 5.59. The number of anilines is 1. The highest BCUT2D eigenvalue weighted by Crippen LogP contribution is 2.26. The van der Waals surface area contributed by atoms with Crippen molar-refractivity contribution in [2.24, 2.45) is 5.73 Å². The van der Waals surface area contributed by atoms with Crippen LogP contribution in [-0.4, -0.2) is 18.1 Å². The number of halogens is 1. The molecule has 2 N–H and O–H groups in total. The van der Waals surface area contributed by atoms with E-state index in [4.69, 9.17) is 17.3 Å². The van der Waals surface area contributed by atoms with Gasteiger partial charge in [-0.2, -0.15) is 0 Å². The van der Waals surface area contributed by atoms with Crippen LogP contribution in [0.3, 0.4) is 0 Å². The van der Waals surface area contributed by atoms with Crippen molar-refractivity contribution in [1.29, 1.82) is 0 Å². The summed E-state index contributed by atoms with van der Waals surface area (Å²) in [5, 5.41) is 0.750. The van der Waals surface area contributed by atoms with Crippen LogP contribution in [0.1, 0.15) is 24.5 Å². The smallest absolute Gasteiger partial charge is 0.0427 e. The molecule has 0 spiro atoms. The average molecular weight is 304 g/mol. The van der Waals surface area contributed by atoms with Crippen LogP contribution in [-0.2, 0) is 13.0 Å². The van der Waals surface area contributed by atoms with Gasteiger partial charge < -0.3 is 10.6 Å². The summed E-state index contributed by atoms with van der Waals surface area (Å²) in [5.41, 5.74) is 9.71. The highest BCUT2D eigenvalue weighted by Gasteiger charge is 2.11. The Hall–Kier alpha value is -1.58. The van der Waals surface area contributed by atoms with Crippen molar-refractivity contribution in [2.45, 2.75) is 32.4 Å². The third-order valence-electron chi connectivity index (χ3n) is 3.63. The zero-order valence-corrected chi connectivity index (χ0v) is 13.3. The van der Waals surface area contributed by atoms with E-state index in [2.05, 4.69) is 29.9 Å². The molecule has 0 aliphatic rings. The fraction of sp³-hybridized carbons (Fsp3) is 0.353. The molecule has 3 nitrogen and oxygen atoms in total. The molecule has 21 heavy (non-hydrogen) atoms. The van der Waals surface area contributed by atoms with Crippen molar-refractivity contribution in [3.05, 3.63) is 58.9 Å². The van der Waals surface area contributed by atoms with E-state index in [0.29, 0.717) is 0 Å². The lowest BCUT2D eigenvalue weighted by Crippen LogP contribution is -2.24. The molecule has 0 amide bonds. The van der Waals surface area contributed by atoms with E-state index < -0.39 is 0 Å². The Morgan fingerprint density at radius 1 is 1.24 bits per heavy atom. The first kappa shape index (κ1) is 15.8. The summed E-state index contributed by atoms with van der Waals surface area (Å²) in [5.74, 6) is 0. The molecule has 1 unspecified atom stereocenters. The molecule has 0 radical (unpaired) electrons. The van der Waals surface area contributed by atoms with Crippen LogP contribution in [0.15, 0.2) is 42.7 Å². The van der Waals surface area contributed by atoms with Crippen molar-refractivity contribution >= 4 is 17.3 Å². The molecule has 2 aromatic rings. The van der Waals surface area contributed by atoms with Crippen LogP contribution in [0, 0.1) is 0 Å². The zero-order chi connectivity index (χ0) is 15.2. The average Bonchev–Trinajstić information content (AvgIpc) is 2.49. The molecule has 0 aliphatic heterocycles. The van der Waals surface area contributed by atoms with Crippen LogP contribution >= 0.6 is 11.6 Å². The number of rotatable bonds is 6. The minimum absolute atomic E-state index is 0.180. The summed E-state index contributed by atoms with van der Waals surface area (Å²) < 4.78 is 0. The Bertz CT molecular complexity index is 572. The van der Waals surface area contributed by atoms with Crippen molar-refractivity contribution < 1.29 is 0 Å². The summed E-state index contributed by atoms with van der Waals surface area (Å²) in [6.07, 6.45) is 5.46. The zero-order valence-electron chi connectivity index (χ0n) is 12.6. The number of hydrogen-bond donors (Lipinski definition) is 1. The van der Waals surface area contributed by atoms with Crippen molar-refractivity contribution in [2.75, 3.05) is 11.9 Å². The molecule has 1 aromatic heterocycles. The molecule has 0 saturated carbocycles. The minimum atomic E-state index is 0.180. The molecule has 0 aliphatic carbocycles. The first-order valence-electron chi connectivity index (χ1n) is 7.24. The maximum absolute atomic E-state index is 6.17. The Labute approximate surface area is 131 Å². The molecular formula is C17H22ClN3. The second-order valence-electron chi connectivity index (χ2n) is 5.36. The molecule has 0 fully saturated rings. The lowest BCUT2D eigenvalue weighted by Gasteiger charge is -2.24. The van der Waals surface area contributed by atoms with Gasteiger partial charge in [-0.15, -0.1) is 0 Å². The van der Waals surface area contributed by atoms with E-state index in [1.54, 1.807) is 0 Å². The maximum Gasteiger partial charge on any atom is 0.0427 e. The van der Waals surface area contributed by atoms with Crippen molar-refractivity contribution in [3.8, 4) is 0 Å². The Morgan fingerprint density at radius 3 is 2.62 bits per heavy atom. The number of nitrogens with two attached hydrogens (primary N) is 1. The Morgan fingerprint density at radius 2 is 1.95 bits per heavy atom. The van der Waals surface area contributed by atoms with Crippen molar-refractivity contribution in [3.63, 3.8) is 0 Å². The van der Waals surface area contributed by atoms with E-state index in [9.17, 15) is 0 Å². The summed E-state index contributed by atoms with van der Waals surface area (Å²) in [6.45, 7) is 2.93. The molecular weight excluding hydrogens is 282 g/mol. The van der Waals surface area contributed by atoms with E-state index in [-0.39, 0.29) is 6.04 Å². The highest BCUT2D eigenvalue weighted by atomic mass is 35.5. The van der Waals surface area contributed by atoms with Gasteiger partial charge in [0.1, 0.15) is 0 Å². The largest absolute Gasteiger partial charge is 0.370 e. The molecule has 112 valence electrons. The summed E-state index contributed by atoms with van der Waals surface area (Å²) in [6, 6.07) is 10.3. The monoisotopic (exact) mass is 303 g/mol. The number of benzene rings is 1. The number of pyridine rings is 1. The van der Waals surface area contributed by atoms with Gasteiger partial charge in [-0.1, -0.05) is 24.6 Å². The van der Waals surface area contributed by atoms with Gasteiger partial charge in [0.05, 0.1) is 0 Å². The van der Waals surface area contributed by atoms with Crippen LogP contribution in [0.25, 0.3) is 0 Å². The normalized spacial score (nSPS) is 12.2. The van der Waals surface area contributed by atoms with E-state index in [0.717, 1.165) is 30.1 Å². The molecule has 1 atom stereocenters. The van der Waals surface area contributed by atoms with Gasteiger partial charge in [-0.3, -0.25) is 4.98 Å². The lowest BCUT2D eigenvalue weighted by molar-refractivity contribution is 0.645. The molecule has 0 bridgehead atoms. The summed E-state index contributed by atoms with van der Waals surface area (Å²) in [4.78, 5) is 6.26. The number of nitrogens with zero attached hydrogens (tertiary/aromatic N) is 2. The van der Waals surface area contributed by atoms with Crippen LogP contribution in [0.5, 0.6) is 0 Å². The third kappa shape index (κ3) is 4.45. The fourth-order valence-corrected chi connectivity index (χ4v) is 2.51. The van der Waals surface area contributed by atoms with Gasteiger partial charge in [-0.25, -0.2) is 0 Å². The number of aromatic nitrogens is 1. The second-order valence-corrected chi connectivity index (χ2v) is 5.79. The fourth-order valence-electron chi connectivity index (χ4n) is 2.34. The standard InChI is InChI=1S/C17H22ClN3/c1-3-16(19)10-14-4-5-15(18)11-17(14)21(2)12-13-6-8-20-9-7-13/h4-9,11,16H,3,10,12,19H2,1-2H3. The van der Waals surface area contributed by atoms with Gasteiger partial charge in [0.2, 0.25) is 0 Å². The first-order chi connectivity index (χ1) is 10.1. The highest BCUT2D eigenvalue weighted by molar-refractivity contribution is 6.30. The molecule has 1 aromatic carbocycles. The van der Waals surface area contributed by atoms with Crippen LogP contribution in [0.2, 0.25) is 5.02 Å². The van der Waals surface area contributed by atoms with Gasteiger partial charge in [0.25, 0.3) is 0 Å². The topological polar surface area (TPSA) is 42.1 Å².